The number of aromatic amines is 1. The first-order valence-corrected chi connectivity index (χ1v) is 7.20. The fraction of sp³-hybridized carbons (Fsp3) is 0.500. The highest BCUT2D eigenvalue weighted by atomic mass is 32.1. The van der Waals surface area contributed by atoms with Crippen molar-refractivity contribution in [2.45, 2.75) is 32.4 Å². The van der Waals surface area contributed by atoms with E-state index in [1.807, 2.05) is 0 Å². The van der Waals surface area contributed by atoms with Gasteiger partial charge in [-0.05, 0) is 37.2 Å². The van der Waals surface area contributed by atoms with E-state index < -0.39 is 11.6 Å². The smallest absolute Gasteiger partial charge is 0.184 e. The van der Waals surface area contributed by atoms with E-state index in [1.54, 1.807) is 4.57 Å². The lowest BCUT2D eigenvalue weighted by molar-refractivity contribution is 0.0836. The number of imidazole rings is 1. The molecule has 1 fully saturated rings. The van der Waals surface area contributed by atoms with Crippen LogP contribution < -0.4 is 0 Å². The summed E-state index contributed by atoms with van der Waals surface area (Å²) in [6.07, 6.45) is 2.00. The Morgan fingerprint density at radius 3 is 3.00 bits per heavy atom. The SMILES string of the molecule is CCC1OCCC1Cn1c(=S)[nH]c2ccc(F)c(F)c21. The van der Waals surface area contributed by atoms with Gasteiger partial charge in [-0.1, -0.05) is 6.92 Å². The lowest BCUT2D eigenvalue weighted by Crippen LogP contribution is -2.20. The molecule has 6 heteroatoms. The Morgan fingerprint density at radius 2 is 2.25 bits per heavy atom. The van der Waals surface area contributed by atoms with Gasteiger partial charge in [0.05, 0.1) is 11.6 Å². The molecule has 2 aromatic rings. The average molecular weight is 298 g/mol. The zero-order valence-corrected chi connectivity index (χ0v) is 12.0. The molecule has 1 aromatic carbocycles. The number of fused-ring (bicyclic) bond motifs is 1. The number of rotatable bonds is 3. The highest BCUT2D eigenvalue weighted by molar-refractivity contribution is 7.71. The molecule has 3 rings (SSSR count). The zero-order chi connectivity index (χ0) is 14.3. The van der Waals surface area contributed by atoms with E-state index in [4.69, 9.17) is 17.0 Å². The van der Waals surface area contributed by atoms with Gasteiger partial charge in [0.1, 0.15) is 5.52 Å². The zero-order valence-electron chi connectivity index (χ0n) is 11.2. The quantitative estimate of drug-likeness (QED) is 0.874. The predicted molar refractivity (Wildman–Crippen MR) is 75.2 cm³/mol. The molecule has 2 unspecified atom stereocenters. The maximum absolute atomic E-state index is 14.0. The van der Waals surface area contributed by atoms with E-state index in [2.05, 4.69) is 11.9 Å². The van der Waals surface area contributed by atoms with E-state index in [0.29, 0.717) is 16.8 Å². The molecular weight excluding hydrogens is 282 g/mol. The van der Waals surface area contributed by atoms with Crippen LogP contribution >= 0.6 is 12.2 Å². The van der Waals surface area contributed by atoms with Gasteiger partial charge in [-0.15, -0.1) is 0 Å². The van der Waals surface area contributed by atoms with Crippen molar-refractivity contribution in [3.63, 3.8) is 0 Å². The van der Waals surface area contributed by atoms with Crippen molar-refractivity contribution in [1.29, 1.82) is 0 Å². The third kappa shape index (κ3) is 2.16. The second-order valence-corrected chi connectivity index (χ2v) is 5.55. The van der Waals surface area contributed by atoms with Crippen LogP contribution in [0.15, 0.2) is 12.1 Å². The Labute approximate surface area is 120 Å². The van der Waals surface area contributed by atoms with Gasteiger partial charge in [-0.25, -0.2) is 8.78 Å². The molecule has 108 valence electrons. The van der Waals surface area contributed by atoms with Crippen LogP contribution in [0.5, 0.6) is 0 Å². The van der Waals surface area contributed by atoms with Gasteiger partial charge in [0, 0.05) is 19.1 Å². The molecule has 0 spiro atoms. The van der Waals surface area contributed by atoms with Crippen LogP contribution in [0, 0.1) is 22.3 Å². The number of ether oxygens (including phenoxy) is 1. The average Bonchev–Trinajstić information content (AvgIpc) is 3.00. The van der Waals surface area contributed by atoms with Crippen LogP contribution in [0.3, 0.4) is 0 Å². The van der Waals surface area contributed by atoms with Gasteiger partial charge in [-0.3, -0.25) is 0 Å². The normalized spacial score (nSPS) is 22.8. The van der Waals surface area contributed by atoms with Crippen LogP contribution in [-0.4, -0.2) is 22.3 Å². The minimum absolute atomic E-state index is 0.165. The van der Waals surface area contributed by atoms with E-state index in [0.717, 1.165) is 25.5 Å². The molecule has 1 aliphatic rings. The first-order chi connectivity index (χ1) is 9.61. The number of hydrogen-bond acceptors (Lipinski definition) is 2. The van der Waals surface area contributed by atoms with E-state index in [-0.39, 0.29) is 17.5 Å². The molecule has 1 aromatic heterocycles. The fourth-order valence-electron chi connectivity index (χ4n) is 2.95. The molecule has 0 radical (unpaired) electrons. The Balaban J connectivity index is 2.05. The standard InChI is InChI=1S/C14H16F2N2OS/c1-2-11-8(5-6-19-11)7-18-13-10(17-14(18)20)4-3-9(15)12(13)16/h3-4,8,11H,2,5-7H2,1H3,(H,17,20). The van der Waals surface area contributed by atoms with Gasteiger partial charge >= 0.3 is 0 Å². The number of nitrogens with one attached hydrogen (secondary N) is 1. The van der Waals surface area contributed by atoms with Gasteiger partial charge in [0.15, 0.2) is 16.4 Å². The topological polar surface area (TPSA) is 29.9 Å². The molecule has 1 N–H and O–H groups in total. The Kier molecular flexibility index (Phi) is 3.60. The van der Waals surface area contributed by atoms with Gasteiger partial charge in [0.25, 0.3) is 0 Å². The monoisotopic (exact) mass is 298 g/mol. The third-order valence-electron chi connectivity index (χ3n) is 3.99. The molecule has 3 nitrogen and oxygen atoms in total. The summed E-state index contributed by atoms with van der Waals surface area (Å²) in [5, 5.41) is 0. The summed E-state index contributed by atoms with van der Waals surface area (Å²) < 4.78 is 35.2. The minimum atomic E-state index is -0.852. The van der Waals surface area contributed by atoms with Crippen molar-refractivity contribution in [2.75, 3.05) is 6.61 Å². The summed E-state index contributed by atoms with van der Waals surface area (Å²) in [5.74, 6) is -1.41. The lowest BCUT2D eigenvalue weighted by atomic mass is 9.99. The molecule has 2 atom stereocenters. The molecule has 0 aliphatic carbocycles. The summed E-state index contributed by atoms with van der Waals surface area (Å²) in [7, 11) is 0. The van der Waals surface area contributed by atoms with Crippen LogP contribution in [0.25, 0.3) is 11.0 Å². The van der Waals surface area contributed by atoms with Gasteiger partial charge in [0.2, 0.25) is 0 Å². The molecule has 2 heterocycles. The fourth-order valence-corrected chi connectivity index (χ4v) is 3.23. The maximum atomic E-state index is 14.0. The van der Waals surface area contributed by atoms with Crippen molar-refractivity contribution in [1.82, 2.24) is 9.55 Å². The van der Waals surface area contributed by atoms with Crippen molar-refractivity contribution < 1.29 is 13.5 Å². The van der Waals surface area contributed by atoms with Crippen LogP contribution in [0.4, 0.5) is 8.78 Å². The lowest BCUT2D eigenvalue weighted by Gasteiger charge is -2.17. The van der Waals surface area contributed by atoms with E-state index in [9.17, 15) is 8.78 Å². The molecule has 0 saturated carbocycles. The molecule has 1 aliphatic heterocycles. The Morgan fingerprint density at radius 1 is 1.45 bits per heavy atom. The summed E-state index contributed by atoms with van der Waals surface area (Å²) in [4.78, 5) is 2.93. The highest BCUT2D eigenvalue weighted by Gasteiger charge is 2.28. The van der Waals surface area contributed by atoms with E-state index in [1.165, 1.54) is 6.07 Å². The maximum Gasteiger partial charge on any atom is 0.184 e. The number of nitrogens with zero attached hydrogens (tertiary/aromatic N) is 1. The summed E-state index contributed by atoms with van der Waals surface area (Å²) >= 11 is 5.24. The van der Waals surface area contributed by atoms with Crippen LogP contribution in [0.2, 0.25) is 0 Å². The number of H-pyrrole nitrogens is 1. The first kappa shape index (κ1) is 13.7. The van der Waals surface area contributed by atoms with Crippen LogP contribution in [-0.2, 0) is 11.3 Å². The van der Waals surface area contributed by atoms with Crippen molar-refractivity contribution in [3.8, 4) is 0 Å². The molecule has 20 heavy (non-hydrogen) atoms. The predicted octanol–water partition coefficient (Wildman–Crippen LogP) is 3.79. The minimum Gasteiger partial charge on any atom is -0.378 e. The molecule has 0 bridgehead atoms. The molecule has 1 saturated heterocycles. The van der Waals surface area contributed by atoms with Gasteiger partial charge in [-0.2, -0.15) is 0 Å². The largest absolute Gasteiger partial charge is 0.378 e. The first-order valence-electron chi connectivity index (χ1n) is 6.80. The number of aromatic nitrogens is 2. The summed E-state index contributed by atoms with van der Waals surface area (Å²) in [6, 6.07) is 2.63. The van der Waals surface area contributed by atoms with Crippen molar-refractivity contribution >= 4 is 23.3 Å². The molecular formula is C14H16F2N2OS. The second-order valence-electron chi connectivity index (χ2n) is 5.16. The van der Waals surface area contributed by atoms with Crippen LogP contribution in [0.1, 0.15) is 19.8 Å². The summed E-state index contributed by atoms with van der Waals surface area (Å²) in [5.41, 5.74) is 0.748. The summed E-state index contributed by atoms with van der Waals surface area (Å²) in [6.45, 7) is 3.34. The molecule has 0 amide bonds. The van der Waals surface area contributed by atoms with Crippen molar-refractivity contribution in [2.24, 2.45) is 5.92 Å². The second kappa shape index (κ2) is 5.26. The Bertz CT molecular complexity index is 694. The van der Waals surface area contributed by atoms with E-state index >= 15 is 0 Å². The van der Waals surface area contributed by atoms with Gasteiger partial charge < -0.3 is 14.3 Å². The Hall–Kier alpha value is -1.27. The van der Waals surface area contributed by atoms with Crippen molar-refractivity contribution in [3.05, 3.63) is 28.5 Å². The number of halogens is 2. The highest BCUT2D eigenvalue weighted by Crippen LogP contribution is 2.28. The number of hydrogen-bond donors (Lipinski definition) is 1. The third-order valence-corrected chi connectivity index (χ3v) is 4.31. The number of benzene rings is 1.